The zero-order valence-electron chi connectivity index (χ0n) is 29.4. The molecule has 0 unspecified atom stereocenters. The molecular formula is C50H29NO3S. The maximum Gasteiger partial charge on any atom is 0.136 e. The first-order valence-corrected chi connectivity index (χ1v) is 19.3. The normalized spacial score (nSPS) is 12.4. The Morgan fingerprint density at radius 1 is 0.418 bits per heavy atom. The minimum atomic E-state index is 0.542. The van der Waals surface area contributed by atoms with E-state index < -0.39 is 0 Å². The highest BCUT2D eigenvalue weighted by atomic mass is 32.1. The van der Waals surface area contributed by atoms with Crippen LogP contribution in [-0.4, -0.2) is 6.21 Å². The first kappa shape index (κ1) is 30.5. The Hall–Kier alpha value is -6.95. The van der Waals surface area contributed by atoms with Crippen molar-refractivity contribution in [1.82, 2.24) is 0 Å². The molecule has 0 saturated carbocycles. The van der Waals surface area contributed by atoms with Gasteiger partial charge in [0.25, 0.3) is 0 Å². The van der Waals surface area contributed by atoms with E-state index in [1.807, 2.05) is 47.9 Å². The summed E-state index contributed by atoms with van der Waals surface area (Å²) in [4.78, 5) is 4.90. The Morgan fingerprint density at radius 3 is 1.95 bits per heavy atom. The van der Waals surface area contributed by atoms with Crippen molar-refractivity contribution in [2.45, 2.75) is 6.54 Å². The third kappa shape index (κ3) is 4.80. The molecule has 0 saturated heterocycles. The molecule has 0 N–H and O–H groups in total. The Kier molecular flexibility index (Phi) is 6.53. The van der Waals surface area contributed by atoms with Crippen LogP contribution < -0.4 is 0 Å². The molecule has 4 nitrogen and oxygen atoms in total. The third-order valence-electron chi connectivity index (χ3n) is 11.0. The van der Waals surface area contributed by atoms with Crippen molar-refractivity contribution in [2.75, 3.05) is 0 Å². The van der Waals surface area contributed by atoms with Gasteiger partial charge in [0.2, 0.25) is 0 Å². The van der Waals surface area contributed by atoms with Crippen molar-refractivity contribution < 1.29 is 13.3 Å². The molecule has 0 amide bonds. The van der Waals surface area contributed by atoms with Gasteiger partial charge in [0, 0.05) is 64.3 Å². The summed E-state index contributed by atoms with van der Waals surface area (Å²) in [6, 6.07) is 55.5. The molecule has 0 radical (unpaired) electrons. The van der Waals surface area contributed by atoms with Gasteiger partial charge in [-0.05, 0) is 88.5 Å². The van der Waals surface area contributed by atoms with Gasteiger partial charge in [0.15, 0.2) is 0 Å². The standard InChI is InChI=1S/C50H29NO3S/c1-3-11-41-35(8-1)36-19-15-29(23-46(36)54-41)27-51-28-33-7-5-12-44-49(33)39-25-32(18-22-42(39)52-44)34-10-6-13-45-50(34)40-24-30(17-21-43(40)53-45)31-16-20-38-37-9-2-4-14-47(37)55-48(38)26-31/h1-26,28H,27H2. The van der Waals surface area contributed by atoms with Crippen LogP contribution in [0.1, 0.15) is 11.1 Å². The number of benzene rings is 8. The summed E-state index contributed by atoms with van der Waals surface area (Å²) < 4.78 is 21.6. The van der Waals surface area contributed by atoms with Gasteiger partial charge in [0.05, 0.1) is 6.54 Å². The summed E-state index contributed by atoms with van der Waals surface area (Å²) in [5, 5.41) is 9.20. The Balaban J connectivity index is 0.932. The highest BCUT2D eigenvalue weighted by molar-refractivity contribution is 7.25. The van der Waals surface area contributed by atoms with Crippen LogP contribution in [0.4, 0.5) is 0 Å². The maximum absolute atomic E-state index is 6.46. The number of thiophene rings is 1. The number of para-hydroxylation sites is 1. The lowest BCUT2D eigenvalue weighted by Crippen LogP contribution is -1.86. The van der Waals surface area contributed by atoms with Crippen LogP contribution in [0.15, 0.2) is 176 Å². The van der Waals surface area contributed by atoms with E-state index in [9.17, 15) is 0 Å². The molecule has 55 heavy (non-hydrogen) atoms. The second-order valence-electron chi connectivity index (χ2n) is 14.2. The average molecular weight is 724 g/mol. The average Bonchev–Trinajstić information content (AvgIpc) is 3.99. The van der Waals surface area contributed by atoms with Crippen LogP contribution in [0.2, 0.25) is 0 Å². The molecule has 4 heterocycles. The predicted octanol–water partition coefficient (Wildman–Crippen LogP) is 14.7. The molecule has 12 rings (SSSR count). The van der Waals surface area contributed by atoms with Gasteiger partial charge in [-0.15, -0.1) is 11.3 Å². The van der Waals surface area contributed by atoms with Crippen LogP contribution in [0.5, 0.6) is 0 Å². The van der Waals surface area contributed by atoms with E-state index in [0.717, 1.165) is 88.1 Å². The number of aliphatic imine (C=N–C) groups is 1. The number of furan rings is 3. The zero-order chi connectivity index (χ0) is 36.0. The Bertz CT molecular complexity index is 3540. The molecule has 0 aliphatic rings. The van der Waals surface area contributed by atoms with Crippen LogP contribution in [-0.2, 0) is 6.54 Å². The zero-order valence-corrected chi connectivity index (χ0v) is 30.2. The summed E-state index contributed by atoms with van der Waals surface area (Å²) in [5.74, 6) is 0. The summed E-state index contributed by atoms with van der Waals surface area (Å²) in [6.45, 7) is 0.542. The van der Waals surface area contributed by atoms with Crippen LogP contribution >= 0.6 is 11.3 Å². The highest BCUT2D eigenvalue weighted by Gasteiger charge is 2.17. The summed E-state index contributed by atoms with van der Waals surface area (Å²) in [7, 11) is 0. The number of hydrogen-bond donors (Lipinski definition) is 0. The minimum absolute atomic E-state index is 0.542. The Morgan fingerprint density at radius 2 is 1.04 bits per heavy atom. The van der Waals surface area contributed by atoms with E-state index in [-0.39, 0.29) is 0 Å². The second kappa shape index (κ2) is 11.8. The van der Waals surface area contributed by atoms with E-state index in [4.69, 9.17) is 18.2 Å². The minimum Gasteiger partial charge on any atom is -0.456 e. The van der Waals surface area contributed by atoms with Gasteiger partial charge in [0.1, 0.15) is 33.5 Å². The Labute approximate surface area is 318 Å². The molecule has 0 aliphatic heterocycles. The molecule has 0 bridgehead atoms. The molecule has 258 valence electrons. The molecule has 4 aromatic heterocycles. The van der Waals surface area contributed by atoms with Crippen LogP contribution in [0, 0.1) is 0 Å². The quantitative estimate of drug-likeness (QED) is 0.166. The van der Waals surface area contributed by atoms with Gasteiger partial charge in [-0.1, -0.05) is 97.1 Å². The SMILES string of the molecule is C(=NCc1ccc2c(c1)oc1ccccc12)c1cccc2oc3ccc(-c4cccc5oc6ccc(-c7ccc8c(c7)sc7ccccc78)cc6c45)cc3c12. The fourth-order valence-electron chi connectivity index (χ4n) is 8.40. The van der Waals surface area contributed by atoms with Crippen molar-refractivity contribution in [2.24, 2.45) is 4.99 Å². The monoisotopic (exact) mass is 723 g/mol. The van der Waals surface area contributed by atoms with Crippen molar-refractivity contribution in [3.8, 4) is 22.3 Å². The summed E-state index contributed by atoms with van der Waals surface area (Å²) in [6.07, 6.45) is 1.97. The van der Waals surface area contributed by atoms with E-state index in [0.29, 0.717) is 6.54 Å². The smallest absolute Gasteiger partial charge is 0.136 e. The van der Waals surface area contributed by atoms with E-state index in [2.05, 4.69) is 127 Å². The largest absolute Gasteiger partial charge is 0.456 e. The molecule has 0 aliphatic carbocycles. The molecule has 12 aromatic rings. The molecule has 8 aromatic carbocycles. The van der Waals surface area contributed by atoms with Gasteiger partial charge < -0.3 is 13.3 Å². The van der Waals surface area contributed by atoms with Crippen LogP contribution in [0.3, 0.4) is 0 Å². The molecule has 0 atom stereocenters. The number of rotatable bonds is 5. The van der Waals surface area contributed by atoms with Gasteiger partial charge >= 0.3 is 0 Å². The number of hydrogen-bond acceptors (Lipinski definition) is 5. The van der Waals surface area contributed by atoms with Crippen molar-refractivity contribution in [1.29, 1.82) is 0 Å². The van der Waals surface area contributed by atoms with E-state index in [1.165, 1.54) is 31.3 Å². The van der Waals surface area contributed by atoms with Crippen LogP contribution in [0.25, 0.3) is 108 Å². The molecule has 0 fully saturated rings. The topological polar surface area (TPSA) is 51.8 Å². The fraction of sp³-hybridized carbons (Fsp3) is 0.0200. The maximum atomic E-state index is 6.46. The number of nitrogens with zero attached hydrogens (tertiary/aromatic N) is 1. The van der Waals surface area contributed by atoms with Gasteiger partial charge in [-0.25, -0.2) is 0 Å². The molecule has 0 spiro atoms. The van der Waals surface area contributed by atoms with Crippen molar-refractivity contribution in [3.05, 3.63) is 169 Å². The predicted molar refractivity (Wildman–Crippen MR) is 230 cm³/mol. The van der Waals surface area contributed by atoms with Crippen molar-refractivity contribution >= 4 is 104 Å². The van der Waals surface area contributed by atoms with E-state index in [1.54, 1.807) is 0 Å². The highest BCUT2D eigenvalue weighted by Crippen LogP contribution is 2.42. The third-order valence-corrected chi connectivity index (χ3v) is 12.1. The lowest BCUT2D eigenvalue weighted by Gasteiger charge is -2.06. The van der Waals surface area contributed by atoms with Gasteiger partial charge in [-0.2, -0.15) is 0 Å². The summed E-state index contributed by atoms with van der Waals surface area (Å²) in [5.41, 5.74) is 11.9. The second-order valence-corrected chi connectivity index (χ2v) is 15.3. The number of fused-ring (bicyclic) bond motifs is 12. The first-order valence-electron chi connectivity index (χ1n) is 18.4. The summed E-state index contributed by atoms with van der Waals surface area (Å²) >= 11 is 1.85. The molecule has 5 heteroatoms. The lowest BCUT2D eigenvalue weighted by molar-refractivity contribution is 0.668. The first-order chi connectivity index (χ1) is 27.2. The van der Waals surface area contributed by atoms with Crippen molar-refractivity contribution in [3.63, 3.8) is 0 Å². The molecular weight excluding hydrogens is 695 g/mol. The fourth-order valence-corrected chi connectivity index (χ4v) is 9.55. The van der Waals surface area contributed by atoms with Gasteiger partial charge in [-0.3, -0.25) is 4.99 Å². The van der Waals surface area contributed by atoms with E-state index >= 15 is 0 Å². The lowest BCUT2D eigenvalue weighted by atomic mass is 9.96.